The molecular weight excluding hydrogens is 292 g/mol. The monoisotopic (exact) mass is 310 g/mol. The van der Waals surface area contributed by atoms with Crippen molar-refractivity contribution in [1.82, 2.24) is 14.1 Å². The molecule has 3 rings (SSSR count). The lowest BCUT2D eigenvalue weighted by atomic mass is 10.0. The molecule has 0 spiro atoms. The third kappa shape index (κ3) is 2.87. The van der Waals surface area contributed by atoms with E-state index >= 15 is 0 Å². The Bertz CT molecular complexity index is 735. The van der Waals surface area contributed by atoms with Gasteiger partial charge in [-0.3, -0.25) is 4.40 Å². The first-order valence-corrected chi connectivity index (χ1v) is 8.36. The van der Waals surface area contributed by atoms with E-state index in [9.17, 15) is 8.42 Å². The lowest BCUT2D eigenvalue weighted by Gasteiger charge is -2.22. The predicted octanol–water partition coefficient (Wildman–Crippen LogP) is 0.621. The SMILES string of the molecule is Nc1nc2ccccn2c1S(=O)(=O)NCC1CCOCC1. The molecule has 0 bridgehead atoms. The van der Waals surface area contributed by atoms with Crippen LogP contribution >= 0.6 is 0 Å². The van der Waals surface area contributed by atoms with Crippen molar-refractivity contribution in [1.29, 1.82) is 0 Å². The maximum absolute atomic E-state index is 12.5. The largest absolute Gasteiger partial charge is 0.381 e. The summed E-state index contributed by atoms with van der Waals surface area (Å²) < 4.78 is 34.4. The van der Waals surface area contributed by atoms with Gasteiger partial charge in [-0.25, -0.2) is 18.1 Å². The maximum Gasteiger partial charge on any atom is 0.260 e. The highest BCUT2D eigenvalue weighted by Crippen LogP contribution is 2.20. The number of hydrogen-bond donors (Lipinski definition) is 2. The van der Waals surface area contributed by atoms with Crippen molar-refractivity contribution in [2.45, 2.75) is 17.9 Å². The van der Waals surface area contributed by atoms with Gasteiger partial charge in [0.05, 0.1) is 0 Å². The standard InChI is InChI=1S/C13H18N4O3S/c14-12-13(17-6-2-1-3-11(17)16-12)21(18,19)15-9-10-4-7-20-8-5-10/h1-3,6,10,15H,4-5,7-9,14H2. The molecule has 1 saturated heterocycles. The van der Waals surface area contributed by atoms with Crippen molar-refractivity contribution >= 4 is 21.5 Å². The zero-order chi connectivity index (χ0) is 14.9. The van der Waals surface area contributed by atoms with E-state index in [1.807, 2.05) is 0 Å². The molecule has 0 radical (unpaired) electrons. The molecule has 21 heavy (non-hydrogen) atoms. The molecule has 3 heterocycles. The van der Waals surface area contributed by atoms with E-state index in [-0.39, 0.29) is 10.8 Å². The summed E-state index contributed by atoms with van der Waals surface area (Å²) in [6, 6.07) is 5.24. The van der Waals surface area contributed by atoms with Gasteiger partial charge in [-0.1, -0.05) is 6.07 Å². The van der Waals surface area contributed by atoms with Gasteiger partial charge in [0.25, 0.3) is 10.0 Å². The molecule has 0 aliphatic carbocycles. The van der Waals surface area contributed by atoms with Gasteiger partial charge >= 0.3 is 0 Å². The van der Waals surface area contributed by atoms with Gasteiger partial charge in [0.15, 0.2) is 10.8 Å². The van der Waals surface area contributed by atoms with E-state index in [4.69, 9.17) is 10.5 Å². The van der Waals surface area contributed by atoms with Crippen LogP contribution in [0.4, 0.5) is 5.82 Å². The van der Waals surface area contributed by atoms with Gasteiger partial charge in [0, 0.05) is 26.0 Å². The molecule has 8 heteroatoms. The Morgan fingerprint density at radius 1 is 1.38 bits per heavy atom. The van der Waals surface area contributed by atoms with E-state index in [2.05, 4.69) is 9.71 Å². The minimum Gasteiger partial charge on any atom is -0.381 e. The van der Waals surface area contributed by atoms with Crippen molar-refractivity contribution in [3.8, 4) is 0 Å². The molecule has 2 aromatic heterocycles. The highest BCUT2D eigenvalue weighted by atomic mass is 32.2. The fourth-order valence-corrected chi connectivity index (χ4v) is 3.83. The zero-order valence-corrected chi connectivity index (χ0v) is 12.3. The second-order valence-corrected chi connectivity index (χ2v) is 6.82. The number of pyridine rings is 1. The molecule has 1 fully saturated rings. The predicted molar refractivity (Wildman–Crippen MR) is 78.3 cm³/mol. The summed E-state index contributed by atoms with van der Waals surface area (Å²) in [4.78, 5) is 4.08. The summed E-state index contributed by atoms with van der Waals surface area (Å²) in [5, 5.41) is 0.00478. The second-order valence-electron chi connectivity index (χ2n) is 5.14. The van der Waals surface area contributed by atoms with Crippen LogP contribution in [0.2, 0.25) is 0 Å². The molecule has 114 valence electrons. The number of imidazole rings is 1. The first-order valence-electron chi connectivity index (χ1n) is 6.88. The summed E-state index contributed by atoms with van der Waals surface area (Å²) >= 11 is 0. The summed E-state index contributed by atoms with van der Waals surface area (Å²) in [6.45, 7) is 1.76. The van der Waals surface area contributed by atoms with Crippen LogP contribution < -0.4 is 10.5 Å². The Morgan fingerprint density at radius 2 is 2.14 bits per heavy atom. The number of sulfonamides is 1. The van der Waals surface area contributed by atoms with Gasteiger partial charge in [-0.2, -0.15) is 0 Å². The average Bonchev–Trinajstić information content (AvgIpc) is 2.83. The van der Waals surface area contributed by atoms with Crippen molar-refractivity contribution in [3.05, 3.63) is 24.4 Å². The highest BCUT2D eigenvalue weighted by Gasteiger charge is 2.25. The Morgan fingerprint density at radius 3 is 2.90 bits per heavy atom. The number of aromatic nitrogens is 2. The van der Waals surface area contributed by atoms with E-state index in [0.29, 0.717) is 31.3 Å². The number of nitrogen functional groups attached to an aromatic ring is 1. The lowest BCUT2D eigenvalue weighted by Crippen LogP contribution is -2.33. The van der Waals surface area contributed by atoms with Gasteiger partial charge in [0.2, 0.25) is 0 Å². The number of anilines is 1. The van der Waals surface area contributed by atoms with E-state index in [1.54, 1.807) is 24.4 Å². The van der Waals surface area contributed by atoms with Gasteiger partial charge in [-0.05, 0) is 30.9 Å². The Hall–Kier alpha value is -1.64. The number of nitrogens with two attached hydrogens (primary N) is 1. The number of hydrogen-bond acceptors (Lipinski definition) is 5. The van der Waals surface area contributed by atoms with E-state index in [0.717, 1.165) is 12.8 Å². The Kier molecular flexibility index (Phi) is 3.83. The minimum atomic E-state index is -3.69. The normalized spacial score (nSPS) is 17.3. The van der Waals surface area contributed by atoms with Gasteiger partial charge < -0.3 is 10.5 Å². The average molecular weight is 310 g/mol. The zero-order valence-electron chi connectivity index (χ0n) is 11.5. The second kappa shape index (κ2) is 5.63. The molecular formula is C13H18N4O3S. The number of ether oxygens (including phenoxy) is 1. The number of rotatable bonds is 4. The van der Waals surface area contributed by atoms with Crippen LogP contribution in [-0.2, 0) is 14.8 Å². The van der Waals surface area contributed by atoms with Crippen LogP contribution in [0.3, 0.4) is 0 Å². The van der Waals surface area contributed by atoms with E-state index in [1.165, 1.54) is 4.40 Å². The van der Waals surface area contributed by atoms with E-state index < -0.39 is 10.0 Å². The molecule has 0 atom stereocenters. The third-order valence-corrected chi connectivity index (χ3v) is 5.13. The van der Waals surface area contributed by atoms with Crippen molar-refractivity contribution < 1.29 is 13.2 Å². The molecule has 0 amide bonds. The van der Waals surface area contributed by atoms with Crippen molar-refractivity contribution in [2.24, 2.45) is 5.92 Å². The van der Waals surface area contributed by atoms with Crippen molar-refractivity contribution in [2.75, 3.05) is 25.5 Å². The van der Waals surface area contributed by atoms with Crippen LogP contribution in [0, 0.1) is 5.92 Å². The highest BCUT2D eigenvalue weighted by molar-refractivity contribution is 7.89. The lowest BCUT2D eigenvalue weighted by molar-refractivity contribution is 0.0678. The van der Waals surface area contributed by atoms with Crippen LogP contribution in [0.5, 0.6) is 0 Å². The Labute approximate surface area is 123 Å². The molecule has 1 aliphatic rings. The molecule has 0 unspecified atom stereocenters. The number of nitrogens with zero attached hydrogens (tertiary/aromatic N) is 2. The van der Waals surface area contributed by atoms with Gasteiger partial charge in [-0.15, -0.1) is 0 Å². The fraction of sp³-hybridized carbons (Fsp3) is 0.462. The van der Waals surface area contributed by atoms with Crippen LogP contribution in [0.1, 0.15) is 12.8 Å². The smallest absolute Gasteiger partial charge is 0.260 e. The maximum atomic E-state index is 12.5. The molecule has 0 saturated carbocycles. The third-order valence-electron chi connectivity index (χ3n) is 3.67. The molecule has 1 aliphatic heterocycles. The van der Waals surface area contributed by atoms with Gasteiger partial charge in [0.1, 0.15) is 5.65 Å². The summed E-state index contributed by atoms with van der Waals surface area (Å²) in [5.74, 6) is 0.314. The molecule has 2 aromatic rings. The Balaban J connectivity index is 1.84. The first kappa shape index (κ1) is 14.3. The van der Waals surface area contributed by atoms with Crippen LogP contribution in [0.15, 0.2) is 29.4 Å². The molecule has 3 N–H and O–H groups in total. The fourth-order valence-electron chi connectivity index (χ4n) is 2.51. The topological polar surface area (TPSA) is 98.7 Å². The first-order chi connectivity index (χ1) is 10.1. The van der Waals surface area contributed by atoms with Crippen LogP contribution in [-0.4, -0.2) is 37.6 Å². The number of fused-ring (bicyclic) bond motifs is 1. The number of nitrogens with one attached hydrogen (secondary N) is 1. The summed E-state index contributed by atoms with van der Waals surface area (Å²) in [5.41, 5.74) is 6.29. The summed E-state index contributed by atoms with van der Waals surface area (Å²) in [6.07, 6.45) is 3.37. The summed E-state index contributed by atoms with van der Waals surface area (Å²) in [7, 11) is -3.69. The van der Waals surface area contributed by atoms with Crippen molar-refractivity contribution in [3.63, 3.8) is 0 Å². The quantitative estimate of drug-likeness (QED) is 0.862. The molecule has 0 aromatic carbocycles. The van der Waals surface area contributed by atoms with Crippen LogP contribution in [0.25, 0.3) is 5.65 Å². The molecule has 7 nitrogen and oxygen atoms in total. The minimum absolute atomic E-state index is 0.00478.